The SMILES string of the molecule is CCCCCCCCCCN(CC=O)C(=O)CNCCO. The first-order chi connectivity index (χ1) is 10.3. The van der Waals surface area contributed by atoms with E-state index in [4.69, 9.17) is 5.11 Å². The van der Waals surface area contributed by atoms with Crippen LogP contribution in [0, 0.1) is 0 Å². The fourth-order valence-corrected chi connectivity index (χ4v) is 2.23. The third-order valence-electron chi connectivity index (χ3n) is 3.49. The molecule has 0 atom stereocenters. The fraction of sp³-hybridized carbons (Fsp3) is 0.875. The van der Waals surface area contributed by atoms with Crippen molar-refractivity contribution in [3.8, 4) is 0 Å². The second kappa shape index (κ2) is 15.4. The van der Waals surface area contributed by atoms with E-state index >= 15 is 0 Å². The Morgan fingerprint density at radius 1 is 1.10 bits per heavy atom. The van der Waals surface area contributed by atoms with Crippen molar-refractivity contribution < 1.29 is 14.7 Å². The van der Waals surface area contributed by atoms with E-state index in [0.717, 1.165) is 19.1 Å². The highest BCUT2D eigenvalue weighted by Crippen LogP contribution is 2.08. The number of aliphatic hydroxyl groups is 1. The molecule has 0 saturated carbocycles. The van der Waals surface area contributed by atoms with Crippen molar-refractivity contribution in [3.05, 3.63) is 0 Å². The topological polar surface area (TPSA) is 69.6 Å². The van der Waals surface area contributed by atoms with Crippen molar-refractivity contribution in [2.45, 2.75) is 58.3 Å². The van der Waals surface area contributed by atoms with E-state index in [-0.39, 0.29) is 25.6 Å². The molecule has 5 heteroatoms. The molecule has 0 saturated heterocycles. The Balaban J connectivity index is 3.68. The molecule has 0 aliphatic carbocycles. The molecule has 0 aliphatic rings. The van der Waals surface area contributed by atoms with Crippen LogP contribution in [0.4, 0.5) is 0 Å². The maximum absolute atomic E-state index is 11.9. The predicted octanol–water partition coefficient (Wildman–Crippen LogP) is 1.74. The van der Waals surface area contributed by atoms with Gasteiger partial charge < -0.3 is 20.1 Å². The zero-order valence-electron chi connectivity index (χ0n) is 13.5. The van der Waals surface area contributed by atoms with E-state index in [1.54, 1.807) is 4.90 Å². The minimum Gasteiger partial charge on any atom is -0.395 e. The molecule has 0 bridgehead atoms. The number of nitrogens with one attached hydrogen (secondary N) is 1. The van der Waals surface area contributed by atoms with Gasteiger partial charge in [-0.1, -0.05) is 51.9 Å². The molecule has 0 aromatic carbocycles. The van der Waals surface area contributed by atoms with Crippen LogP contribution < -0.4 is 5.32 Å². The Bertz CT molecular complexity index is 260. The van der Waals surface area contributed by atoms with Crippen molar-refractivity contribution in [2.75, 3.05) is 32.8 Å². The molecule has 0 aliphatic heterocycles. The van der Waals surface area contributed by atoms with E-state index in [1.807, 2.05) is 0 Å². The van der Waals surface area contributed by atoms with E-state index in [9.17, 15) is 9.59 Å². The molecule has 0 heterocycles. The highest BCUT2D eigenvalue weighted by atomic mass is 16.3. The Morgan fingerprint density at radius 2 is 1.71 bits per heavy atom. The van der Waals surface area contributed by atoms with Crippen molar-refractivity contribution >= 4 is 12.2 Å². The number of aldehydes is 1. The van der Waals surface area contributed by atoms with Gasteiger partial charge >= 0.3 is 0 Å². The van der Waals surface area contributed by atoms with Gasteiger partial charge in [0.05, 0.1) is 19.7 Å². The first-order valence-electron chi connectivity index (χ1n) is 8.29. The van der Waals surface area contributed by atoms with Crippen LogP contribution in [0.5, 0.6) is 0 Å². The molecule has 0 radical (unpaired) electrons. The molecule has 0 rings (SSSR count). The molecular weight excluding hydrogens is 268 g/mol. The van der Waals surface area contributed by atoms with Crippen LogP contribution in [-0.4, -0.2) is 55.0 Å². The predicted molar refractivity (Wildman–Crippen MR) is 85.2 cm³/mol. The summed E-state index contributed by atoms with van der Waals surface area (Å²) in [5, 5.41) is 11.5. The molecular formula is C16H32N2O3. The smallest absolute Gasteiger partial charge is 0.236 e. The standard InChI is InChI=1S/C16H32N2O3/c1-2-3-4-5-6-7-8-9-11-18(12-14-20)16(21)15-17-10-13-19/h14,17,19H,2-13,15H2,1H3. The van der Waals surface area contributed by atoms with Crippen LogP contribution in [0.3, 0.4) is 0 Å². The van der Waals surface area contributed by atoms with Gasteiger partial charge in [0, 0.05) is 13.1 Å². The summed E-state index contributed by atoms with van der Waals surface area (Å²) in [4.78, 5) is 24.1. The molecule has 124 valence electrons. The molecule has 0 aromatic heterocycles. The van der Waals surface area contributed by atoms with Crippen LogP contribution in [0.2, 0.25) is 0 Å². The minimum atomic E-state index is -0.0708. The van der Waals surface area contributed by atoms with Crippen LogP contribution in [0.1, 0.15) is 58.3 Å². The summed E-state index contributed by atoms with van der Waals surface area (Å²) >= 11 is 0. The highest BCUT2D eigenvalue weighted by molar-refractivity contribution is 5.80. The number of rotatable bonds is 15. The number of amides is 1. The lowest BCUT2D eigenvalue weighted by Gasteiger charge is -2.20. The monoisotopic (exact) mass is 300 g/mol. The summed E-state index contributed by atoms with van der Waals surface area (Å²) in [6, 6.07) is 0. The average Bonchev–Trinajstić information content (AvgIpc) is 2.49. The molecule has 21 heavy (non-hydrogen) atoms. The lowest BCUT2D eigenvalue weighted by atomic mass is 10.1. The Labute approximate surface area is 129 Å². The second-order valence-electron chi connectivity index (χ2n) is 5.38. The number of carbonyl (C=O) groups excluding carboxylic acids is 2. The molecule has 0 spiro atoms. The van der Waals surface area contributed by atoms with Gasteiger partial charge in [0.15, 0.2) is 0 Å². The van der Waals surface area contributed by atoms with Crippen LogP contribution in [0.15, 0.2) is 0 Å². The fourth-order valence-electron chi connectivity index (χ4n) is 2.23. The first kappa shape index (κ1) is 20.1. The highest BCUT2D eigenvalue weighted by Gasteiger charge is 2.11. The maximum Gasteiger partial charge on any atom is 0.236 e. The Kier molecular flexibility index (Phi) is 14.8. The van der Waals surface area contributed by atoms with E-state index in [1.165, 1.54) is 38.5 Å². The third kappa shape index (κ3) is 12.5. The Morgan fingerprint density at radius 3 is 2.29 bits per heavy atom. The minimum absolute atomic E-state index is 0.0129. The van der Waals surface area contributed by atoms with E-state index < -0.39 is 0 Å². The van der Waals surface area contributed by atoms with Gasteiger partial charge in [0.2, 0.25) is 5.91 Å². The molecule has 0 unspecified atom stereocenters. The van der Waals surface area contributed by atoms with Gasteiger partial charge in [-0.15, -0.1) is 0 Å². The molecule has 5 nitrogen and oxygen atoms in total. The Hall–Kier alpha value is -0.940. The number of hydrogen-bond donors (Lipinski definition) is 2. The lowest BCUT2D eigenvalue weighted by molar-refractivity contribution is -0.132. The summed E-state index contributed by atoms with van der Waals surface area (Å²) < 4.78 is 0. The third-order valence-corrected chi connectivity index (χ3v) is 3.49. The van der Waals surface area contributed by atoms with Gasteiger partial charge in [0.1, 0.15) is 6.29 Å². The van der Waals surface area contributed by atoms with Gasteiger partial charge in [-0.3, -0.25) is 4.79 Å². The second-order valence-corrected chi connectivity index (χ2v) is 5.38. The van der Waals surface area contributed by atoms with Crippen LogP contribution in [0.25, 0.3) is 0 Å². The molecule has 1 amide bonds. The maximum atomic E-state index is 11.9. The molecule has 2 N–H and O–H groups in total. The largest absolute Gasteiger partial charge is 0.395 e. The van der Waals surface area contributed by atoms with Gasteiger partial charge in [-0.05, 0) is 6.42 Å². The van der Waals surface area contributed by atoms with E-state index in [0.29, 0.717) is 13.1 Å². The van der Waals surface area contributed by atoms with Gasteiger partial charge in [-0.2, -0.15) is 0 Å². The van der Waals surface area contributed by atoms with E-state index in [2.05, 4.69) is 12.2 Å². The summed E-state index contributed by atoms with van der Waals surface area (Å²) in [5.74, 6) is -0.0708. The quantitative estimate of drug-likeness (QED) is 0.357. The summed E-state index contributed by atoms with van der Waals surface area (Å²) in [5.41, 5.74) is 0. The van der Waals surface area contributed by atoms with Crippen molar-refractivity contribution in [3.63, 3.8) is 0 Å². The molecule has 0 aromatic rings. The number of hydrogen-bond acceptors (Lipinski definition) is 4. The lowest BCUT2D eigenvalue weighted by Crippen LogP contribution is -2.40. The van der Waals surface area contributed by atoms with Gasteiger partial charge in [-0.25, -0.2) is 0 Å². The van der Waals surface area contributed by atoms with Crippen molar-refractivity contribution in [1.82, 2.24) is 10.2 Å². The molecule has 0 fully saturated rings. The zero-order valence-corrected chi connectivity index (χ0v) is 13.5. The zero-order chi connectivity index (χ0) is 15.8. The average molecular weight is 300 g/mol. The first-order valence-corrected chi connectivity index (χ1v) is 8.29. The van der Waals surface area contributed by atoms with Crippen LogP contribution >= 0.6 is 0 Å². The van der Waals surface area contributed by atoms with Crippen LogP contribution in [-0.2, 0) is 9.59 Å². The van der Waals surface area contributed by atoms with Crippen molar-refractivity contribution in [1.29, 1.82) is 0 Å². The summed E-state index contributed by atoms with van der Waals surface area (Å²) in [7, 11) is 0. The normalized spacial score (nSPS) is 10.6. The number of aliphatic hydroxyl groups excluding tert-OH is 1. The van der Waals surface area contributed by atoms with Gasteiger partial charge in [0.25, 0.3) is 0 Å². The van der Waals surface area contributed by atoms with Crippen molar-refractivity contribution in [2.24, 2.45) is 0 Å². The summed E-state index contributed by atoms with van der Waals surface area (Å²) in [6.45, 7) is 3.63. The number of nitrogens with zero attached hydrogens (tertiary/aromatic N) is 1. The number of carbonyl (C=O) groups is 2. The number of unbranched alkanes of at least 4 members (excludes halogenated alkanes) is 7. The summed E-state index contributed by atoms with van der Waals surface area (Å²) in [6.07, 6.45) is 10.5.